The van der Waals surface area contributed by atoms with Crippen LogP contribution in [0.3, 0.4) is 0 Å². The molecule has 0 aliphatic heterocycles. The highest BCUT2D eigenvalue weighted by Gasteiger charge is 2.04. The quantitative estimate of drug-likeness (QED) is 0.776. The van der Waals surface area contributed by atoms with Gasteiger partial charge in [-0.2, -0.15) is 0 Å². The third kappa shape index (κ3) is 2.34. The number of hydrogen-bond donors (Lipinski definition) is 2. The first-order valence-corrected chi connectivity index (χ1v) is 4.99. The van der Waals surface area contributed by atoms with Crippen molar-refractivity contribution < 1.29 is 4.42 Å². The SMILES string of the molecule is CC(=S)Nc1ccc(-c2n[nH]c(=O)o2)cc1. The van der Waals surface area contributed by atoms with E-state index in [-0.39, 0.29) is 5.89 Å². The fraction of sp³-hybridized carbons (Fsp3) is 0.100. The molecule has 5 nitrogen and oxygen atoms in total. The van der Waals surface area contributed by atoms with Crippen molar-refractivity contribution in [3.63, 3.8) is 0 Å². The molecule has 0 saturated heterocycles. The van der Waals surface area contributed by atoms with E-state index in [1.807, 2.05) is 12.1 Å². The van der Waals surface area contributed by atoms with Crippen LogP contribution in [0.25, 0.3) is 11.5 Å². The van der Waals surface area contributed by atoms with Gasteiger partial charge in [0.25, 0.3) is 0 Å². The molecule has 6 heteroatoms. The lowest BCUT2D eigenvalue weighted by atomic mass is 10.2. The number of thiocarbonyl (C=S) groups is 1. The Labute approximate surface area is 96.5 Å². The molecule has 1 aromatic heterocycles. The number of hydrogen-bond acceptors (Lipinski definition) is 4. The highest BCUT2D eigenvalue weighted by Crippen LogP contribution is 2.17. The second kappa shape index (κ2) is 4.28. The van der Waals surface area contributed by atoms with Crippen LogP contribution in [0.4, 0.5) is 5.69 Å². The Balaban J connectivity index is 2.25. The number of nitrogens with zero attached hydrogens (tertiary/aromatic N) is 1. The fourth-order valence-electron chi connectivity index (χ4n) is 1.25. The molecule has 16 heavy (non-hydrogen) atoms. The summed E-state index contributed by atoms with van der Waals surface area (Å²) in [5.41, 5.74) is 1.61. The van der Waals surface area contributed by atoms with Crippen LogP contribution in [0.1, 0.15) is 6.92 Å². The molecule has 0 bridgehead atoms. The van der Waals surface area contributed by atoms with Crippen molar-refractivity contribution in [1.29, 1.82) is 0 Å². The zero-order chi connectivity index (χ0) is 11.5. The van der Waals surface area contributed by atoms with Gasteiger partial charge in [0.2, 0.25) is 5.89 Å². The van der Waals surface area contributed by atoms with E-state index in [4.69, 9.17) is 16.6 Å². The first kappa shape index (κ1) is 10.6. The van der Waals surface area contributed by atoms with E-state index in [1.165, 1.54) is 0 Å². The van der Waals surface area contributed by atoms with Gasteiger partial charge in [0, 0.05) is 11.3 Å². The molecule has 2 rings (SSSR count). The fourth-order valence-corrected chi connectivity index (χ4v) is 1.37. The summed E-state index contributed by atoms with van der Waals surface area (Å²) < 4.78 is 4.82. The smallest absolute Gasteiger partial charge is 0.388 e. The maximum Gasteiger partial charge on any atom is 0.434 e. The van der Waals surface area contributed by atoms with Crippen LogP contribution in [-0.4, -0.2) is 15.2 Å². The summed E-state index contributed by atoms with van der Waals surface area (Å²) in [6.45, 7) is 1.80. The number of benzene rings is 1. The number of aromatic nitrogens is 2. The lowest BCUT2D eigenvalue weighted by molar-refractivity contribution is 0.527. The summed E-state index contributed by atoms with van der Waals surface area (Å²) in [5.74, 6) is -0.289. The zero-order valence-electron chi connectivity index (χ0n) is 8.48. The van der Waals surface area contributed by atoms with Crippen LogP contribution in [0, 0.1) is 0 Å². The average molecular weight is 235 g/mol. The first-order valence-electron chi connectivity index (χ1n) is 4.59. The van der Waals surface area contributed by atoms with Crippen LogP contribution in [0.2, 0.25) is 0 Å². The van der Waals surface area contributed by atoms with Gasteiger partial charge in [-0.15, -0.1) is 5.10 Å². The minimum Gasteiger partial charge on any atom is -0.388 e. The summed E-state index contributed by atoms with van der Waals surface area (Å²) in [6.07, 6.45) is 0. The molecule has 0 spiro atoms. The van der Waals surface area contributed by atoms with E-state index >= 15 is 0 Å². The molecule has 0 unspecified atom stereocenters. The Bertz CT molecular complexity index is 556. The second-order valence-electron chi connectivity index (χ2n) is 3.18. The third-order valence-corrected chi connectivity index (χ3v) is 1.99. The maximum atomic E-state index is 10.8. The number of nitrogens with one attached hydrogen (secondary N) is 2. The van der Waals surface area contributed by atoms with E-state index < -0.39 is 5.76 Å². The van der Waals surface area contributed by atoms with Gasteiger partial charge in [-0.25, -0.2) is 9.89 Å². The molecule has 1 heterocycles. The van der Waals surface area contributed by atoms with Crippen molar-refractivity contribution >= 4 is 22.9 Å². The summed E-state index contributed by atoms with van der Waals surface area (Å²) >= 11 is 4.92. The van der Waals surface area contributed by atoms with E-state index in [0.29, 0.717) is 4.99 Å². The van der Waals surface area contributed by atoms with Crippen LogP contribution in [0.15, 0.2) is 33.5 Å². The van der Waals surface area contributed by atoms with Gasteiger partial charge < -0.3 is 9.73 Å². The molecule has 2 aromatic rings. The molecular weight excluding hydrogens is 226 g/mol. The monoisotopic (exact) mass is 235 g/mol. The summed E-state index contributed by atoms with van der Waals surface area (Å²) in [4.78, 5) is 11.5. The molecule has 0 atom stereocenters. The van der Waals surface area contributed by atoms with Crippen LogP contribution >= 0.6 is 12.2 Å². The van der Waals surface area contributed by atoms with Crippen LogP contribution < -0.4 is 11.1 Å². The van der Waals surface area contributed by atoms with Gasteiger partial charge in [-0.05, 0) is 31.2 Å². The van der Waals surface area contributed by atoms with Crippen LogP contribution in [0.5, 0.6) is 0 Å². The Morgan fingerprint density at radius 3 is 2.62 bits per heavy atom. The molecule has 82 valence electrons. The molecule has 0 saturated carbocycles. The minimum atomic E-state index is -0.563. The van der Waals surface area contributed by atoms with Gasteiger partial charge >= 0.3 is 5.76 Å². The standard InChI is InChI=1S/C10H9N3O2S/c1-6(16)11-8-4-2-7(3-5-8)9-12-13-10(14)15-9/h2-5H,1H3,(H,11,16)(H,13,14). The van der Waals surface area contributed by atoms with E-state index in [1.54, 1.807) is 19.1 Å². The van der Waals surface area contributed by atoms with Gasteiger partial charge in [-0.1, -0.05) is 12.2 Å². The Morgan fingerprint density at radius 1 is 1.44 bits per heavy atom. The molecule has 2 N–H and O–H groups in total. The molecular formula is C10H9N3O2S. The Kier molecular flexibility index (Phi) is 2.82. The van der Waals surface area contributed by atoms with Crippen molar-refractivity contribution in [1.82, 2.24) is 10.2 Å². The van der Waals surface area contributed by atoms with Crippen molar-refractivity contribution in [2.75, 3.05) is 5.32 Å². The predicted octanol–water partition coefficient (Wildman–Crippen LogP) is 1.79. The molecule has 0 radical (unpaired) electrons. The number of H-pyrrole nitrogens is 1. The summed E-state index contributed by atoms with van der Waals surface area (Å²) in [7, 11) is 0. The Hall–Kier alpha value is -1.95. The highest BCUT2D eigenvalue weighted by atomic mass is 32.1. The molecule has 0 amide bonds. The molecule has 0 aliphatic rings. The first-order chi connectivity index (χ1) is 7.65. The zero-order valence-corrected chi connectivity index (χ0v) is 9.30. The van der Waals surface area contributed by atoms with E-state index in [9.17, 15) is 4.79 Å². The minimum absolute atomic E-state index is 0.274. The van der Waals surface area contributed by atoms with Gasteiger partial charge in [-0.3, -0.25) is 0 Å². The van der Waals surface area contributed by atoms with Crippen molar-refractivity contribution in [2.24, 2.45) is 0 Å². The number of rotatable bonds is 2. The summed E-state index contributed by atoms with van der Waals surface area (Å²) in [5, 5.41) is 8.93. The van der Waals surface area contributed by atoms with Crippen molar-refractivity contribution in [2.45, 2.75) is 6.92 Å². The molecule has 0 aliphatic carbocycles. The normalized spacial score (nSPS) is 10.1. The third-order valence-electron chi connectivity index (χ3n) is 1.89. The van der Waals surface area contributed by atoms with Crippen molar-refractivity contribution in [3.8, 4) is 11.5 Å². The highest BCUT2D eigenvalue weighted by molar-refractivity contribution is 7.80. The molecule has 0 fully saturated rings. The topological polar surface area (TPSA) is 70.9 Å². The van der Waals surface area contributed by atoms with E-state index in [0.717, 1.165) is 11.3 Å². The number of aromatic amines is 1. The second-order valence-corrected chi connectivity index (χ2v) is 3.79. The lowest BCUT2D eigenvalue weighted by Crippen LogP contribution is -2.02. The van der Waals surface area contributed by atoms with Crippen LogP contribution in [-0.2, 0) is 0 Å². The number of anilines is 1. The van der Waals surface area contributed by atoms with Gasteiger partial charge in [0.15, 0.2) is 0 Å². The predicted molar refractivity (Wildman–Crippen MR) is 64.5 cm³/mol. The Morgan fingerprint density at radius 2 is 2.12 bits per heavy atom. The maximum absolute atomic E-state index is 10.8. The average Bonchev–Trinajstić information content (AvgIpc) is 2.65. The van der Waals surface area contributed by atoms with Gasteiger partial charge in [0.1, 0.15) is 0 Å². The van der Waals surface area contributed by atoms with E-state index in [2.05, 4.69) is 15.5 Å². The lowest BCUT2D eigenvalue weighted by Gasteiger charge is -2.03. The van der Waals surface area contributed by atoms with Crippen molar-refractivity contribution in [3.05, 3.63) is 34.8 Å². The molecule has 1 aromatic carbocycles. The van der Waals surface area contributed by atoms with Gasteiger partial charge in [0.05, 0.1) is 4.99 Å². The largest absolute Gasteiger partial charge is 0.434 e. The summed E-state index contributed by atoms with van der Waals surface area (Å²) in [6, 6.07) is 7.25.